The molecule has 3 nitrogen and oxygen atoms in total. The lowest BCUT2D eigenvalue weighted by molar-refractivity contribution is -0.143. The Morgan fingerprint density at radius 3 is 2.46 bits per heavy atom. The fraction of sp³-hybridized carbons (Fsp3) is 0.286. The topological polar surface area (TPSA) is 39.4 Å². The highest BCUT2D eigenvalue weighted by molar-refractivity contribution is 5.82. The third-order valence-corrected chi connectivity index (χ3v) is 3.45. The Morgan fingerprint density at radius 1 is 1.12 bits per heavy atom. The summed E-state index contributed by atoms with van der Waals surface area (Å²) in [6.07, 6.45) is 5.51. The molecular formula is C21H24O3. The number of benzene rings is 1. The average Bonchev–Trinajstić information content (AvgIpc) is 3.01. The highest BCUT2D eigenvalue weighted by atomic mass is 16.5. The van der Waals surface area contributed by atoms with E-state index in [0.29, 0.717) is 6.42 Å². The van der Waals surface area contributed by atoms with Crippen LogP contribution in [0.25, 0.3) is 11.3 Å². The molecule has 2 rings (SSSR count). The van der Waals surface area contributed by atoms with Crippen LogP contribution >= 0.6 is 0 Å². The molecule has 0 N–H and O–H groups in total. The molecule has 0 saturated carbocycles. The molecule has 1 atom stereocenters. The van der Waals surface area contributed by atoms with Gasteiger partial charge < -0.3 is 9.15 Å². The summed E-state index contributed by atoms with van der Waals surface area (Å²) >= 11 is 0. The Labute approximate surface area is 143 Å². The van der Waals surface area contributed by atoms with Gasteiger partial charge in [0.1, 0.15) is 11.9 Å². The standard InChI is InChI=1S/C21H24O3/c1-15(2)10-11-19(24-21(22)12-16(3)4)18-13-20(23-14-18)17-8-6-5-7-9-17/h5-10,12-14,19H,11H2,1-4H3. The largest absolute Gasteiger partial charge is 0.464 e. The second-order valence-corrected chi connectivity index (χ2v) is 6.27. The van der Waals surface area contributed by atoms with E-state index in [1.165, 1.54) is 11.6 Å². The minimum atomic E-state index is -0.357. The smallest absolute Gasteiger partial charge is 0.331 e. The second kappa shape index (κ2) is 8.34. The van der Waals surface area contributed by atoms with E-state index in [1.807, 2.05) is 64.1 Å². The van der Waals surface area contributed by atoms with E-state index in [4.69, 9.17) is 9.15 Å². The van der Waals surface area contributed by atoms with Gasteiger partial charge >= 0.3 is 5.97 Å². The molecule has 0 amide bonds. The first-order valence-corrected chi connectivity index (χ1v) is 8.08. The van der Waals surface area contributed by atoms with Gasteiger partial charge in [0.15, 0.2) is 0 Å². The highest BCUT2D eigenvalue weighted by Crippen LogP contribution is 2.29. The second-order valence-electron chi connectivity index (χ2n) is 6.27. The summed E-state index contributed by atoms with van der Waals surface area (Å²) in [5.74, 6) is 0.440. The number of allylic oxidation sites excluding steroid dienone is 2. The summed E-state index contributed by atoms with van der Waals surface area (Å²) in [7, 11) is 0. The Morgan fingerprint density at radius 2 is 1.83 bits per heavy atom. The number of rotatable bonds is 6. The van der Waals surface area contributed by atoms with Gasteiger partial charge in [-0.15, -0.1) is 0 Å². The maximum Gasteiger partial charge on any atom is 0.331 e. The van der Waals surface area contributed by atoms with Crippen LogP contribution in [0.3, 0.4) is 0 Å². The van der Waals surface area contributed by atoms with E-state index in [-0.39, 0.29) is 12.1 Å². The predicted molar refractivity (Wildman–Crippen MR) is 96.5 cm³/mol. The molecule has 0 aliphatic carbocycles. The van der Waals surface area contributed by atoms with Crippen LogP contribution in [0.5, 0.6) is 0 Å². The third-order valence-electron chi connectivity index (χ3n) is 3.45. The number of carbonyl (C=O) groups excluding carboxylic acids is 1. The molecule has 3 heteroatoms. The molecule has 0 spiro atoms. The Hall–Kier alpha value is -2.55. The molecule has 0 aliphatic heterocycles. The fourth-order valence-electron chi connectivity index (χ4n) is 2.28. The molecule has 1 aromatic heterocycles. The van der Waals surface area contributed by atoms with Crippen molar-refractivity contribution in [2.24, 2.45) is 0 Å². The van der Waals surface area contributed by atoms with E-state index < -0.39 is 0 Å². The molecule has 2 aromatic rings. The minimum Gasteiger partial charge on any atom is -0.464 e. The number of hydrogen-bond donors (Lipinski definition) is 0. The summed E-state index contributed by atoms with van der Waals surface area (Å²) < 4.78 is 11.3. The fourth-order valence-corrected chi connectivity index (χ4v) is 2.28. The van der Waals surface area contributed by atoms with Crippen molar-refractivity contribution in [1.29, 1.82) is 0 Å². The summed E-state index contributed by atoms with van der Waals surface area (Å²) in [5.41, 5.74) is 3.96. The van der Waals surface area contributed by atoms with E-state index >= 15 is 0 Å². The molecule has 126 valence electrons. The van der Waals surface area contributed by atoms with Crippen LogP contribution < -0.4 is 0 Å². The quantitative estimate of drug-likeness (QED) is 0.380. The van der Waals surface area contributed by atoms with Gasteiger partial charge in [0, 0.05) is 23.6 Å². The minimum absolute atomic E-state index is 0.329. The third kappa shape index (κ3) is 5.27. The Bertz CT molecular complexity index is 727. The molecule has 0 aliphatic rings. The van der Waals surface area contributed by atoms with Crippen molar-refractivity contribution in [3.05, 3.63) is 71.5 Å². The van der Waals surface area contributed by atoms with E-state index in [9.17, 15) is 4.79 Å². The molecule has 0 saturated heterocycles. The summed E-state index contributed by atoms with van der Waals surface area (Å²) in [4.78, 5) is 12.0. The van der Waals surface area contributed by atoms with Crippen LogP contribution in [0.1, 0.15) is 45.8 Å². The van der Waals surface area contributed by atoms with Crippen molar-refractivity contribution < 1.29 is 13.9 Å². The van der Waals surface area contributed by atoms with E-state index in [2.05, 4.69) is 6.08 Å². The Balaban J connectivity index is 2.23. The zero-order valence-electron chi connectivity index (χ0n) is 14.7. The Kier molecular flexibility index (Phi) is 6.19. The lowest BCUT2D eigenvalue weighted by Gasteiger charge is -2.14. The first-order chi connectivity index (χ1) is 11.5. The predicted octanol–water partition coefficient (Wildman–Crippen LogP) is 5.85. The number of hydrogen-bond acceptors (Lipinski definition) is 3. The van der Waals surface area contributed by atoms with Crippen LogP contribution in [0.2, 0.25) is 0 Å². The maximum atomic E-state index is 12.0. The van der Waals surface area contributed by atoms with E-state index in [0.717, 1.165) is 22.5 Å². The van der Waals surface area contributed by atoms with Gasteiger partial charge in [0.2, 0.25) is 0 Å². The van der Waals surface area contributed by atoms with Crippen molar-refractivity contribution in [3.63, 3.8) is 0 Å². The van der Waals surface area contributed by atoms with Crippen molar-refractivity contribution >= 4 is 5.97 Å². The zero-order chi connectivity index (χ0) is 17.5. The average molecular weight is 324 g/mol. The van der Waals surface area contributed by atoms with Gasteiger partial charge in [0.25, 0.3) is 0 Å². The molecule has 0 fully saturated rings. The summed E-state index contributed by atoms with van der Waals surface area (Å²) in [6.45, 7) is 7.80. The number of furan rings is 1. The molecule has 24 heavy (non-hydrogen) atoms. The lowest BCUT2D eigenvalue weighted by atomic mass is 10.1. The molecule has 1 aromatic carbocycles. The van der Waals surface area contributed by atoms with E-state index in [1.54, 1.807) is 6.26 Å². The van der Waals surface area contributed by atoms with Crippen LogP contribution in [0.4, 0.5) is 0 Å². The maximum absolute atomic E-state index is 12.0. The van der Waals surface area contributed by atoms with Gasteiger partial charge in [0.05, 0.1) is 6.26 Å². The number of ether oxygens (including phenoxy) is 1. The van der Waals surface area contributed by atoms with Crippen molar-refractivity contribution in [3.8, 4) is 11.3 Å². The van der Waals surface area contributed by atoms with Gasteiger partial charge in [-0.25, -0.2) is 4.79 Å². The van der Waals surface area contributed by atoms with Gasteiger partial charge in [-0.1, -0.05) is 47.6 Å². The van der Waals surface area contributed by atoms with Crippen LogP contribution in [-0.4, -0.2) is 5.97 Å². The van der Waals surface area contributed by atoms with Crippen LogP contribution in [0.15, 0.2) is 70.4 Å². The lowest BCUT2D eigenvalue weighted by Crippen LogP contribution is -2.08. The van der Waals surface area contributed by atoms with Gasteiger partial charge in [-0.05, 0) is 33.8 Å². The van der Waals surface area contributed by atoms with Crippen LogP contribution in [-0.2, 0) is 9.53 Å². The van der Waals surface area contributed by atoms with Crippen molar-refractivity contribution in [2.75, 3.05) is 0 Å². The number of esters is 1. The molecule has 1 unspecified atom stereocenters. The highest BCUT2D eigenvalue weighted by Gasteiger charge is 2.18. The molecule has 0 bridgehead atoms. The van der Waals surface area contributed by atoms with Crippen molar-refractivity contribution in [2.45, 2.75) is 40.2 Å². The summed E-state index contributed by atoms with van der Waals surface area (Å²) in [6, 6.07) is 11.8. The first kappa shape index (κ1) is 17.8. The number of carbonyl (C=O) groups is 1. The summed E-state index contributed by atoms with van der Waals surface area (Å²) in [5, 5.41) is 0. The molecular weight excluding hydrogens is 300 g/mol. The normalized spacial score (nSPS) is 11.5. The SMILES string of the molecule is CC(C)=CCC(OC(=O)C=C(C)C)c1coc(-c2ccccc2)c1. The van der Waals surface area contributed by atoms with Gasteiger partial charge in [-0.3, -0.25) is 0 Å². The first-order valence-electron chi connectivity index (χ1n) is 8.08. The van der Waals surface area contributed by atoms with Gasteiger partial charge in [-0.2, -0.15) is 0 Å². The monoisotopic (exact) mass is 324 g/mol. The van der Waals surface area contributed by atoms with Crippen molar-refractivity contribution in [1.82, 2.24) is 0 Å². The zero-order valence-corrected chi connectivity index (χ0v) is 14.7. The van der Waals surface area contributed by atoms with Crippen LogP contribution in [0, 0.1) is 0 Å². The molecule has 1 heterocycles. The molecule has 0 radical (unpaired) electrons.